The molecule has 1 aliphatic heterocycles. The molecule has 0 fully saturated rings. The number of rotatable bonds is 3. The molecule has 1 aromatic heterocycles. The van der Waals surface area contributed by atoms with Crippen molar-refractivity contribution in [2.24, 2.45) is 0 Å². The number of alkyl halides is 1. The predicted octanol–water partition coefficient (Wildman–Crippen LogP) is 3.62. The summed E-state index contributed by atoms with van der Waals surface area (Å²) in [5, 5.41) is 8.37. The van der Waals surface area contributed by atoms with Gasteiger partial charge in [0.25, 0.3) is 0 Å². The van der Waals surface area contributed by atoms with Crippen LogP contribution in [0.1, 0.15) is 28.9 Å². The molecule has 2 heterocycles. The maximum atomic E-state index is 4.20. The summed E-state index contributed by atoms with van der Waals surface area (Å²) >= 11 is 5.45. The van der Waals surface area contributed by atoms with Crippen LogP contribution < -0.4 is 0 Å². The van der Waals surface area contributed by atoms with Crippen molar-refractivity contribution in [3.63, 3.8) is 0 Å². The molecule has 0 bridgehead atoms. The van der Waals surface area contributed by atoms with Gasteiger partial charge in [0.05, 0.1) is 17.1 Å². The largest absolute Gasteiger partial charge is 0.252 e. The summed E-state index contributed by atoms with van der Waals surface area (Å²) in [6.45, 7) is 2.98. The first-order valence-electron chi connectivity index (χ1n) is 6.00. The van der Waals surface area contributed by atoms with Crippen LogP contribution in [0.5, 0.6) is 0 Å². The van der Waals surface area contributed by atoms with Gasteiger partial charge < -0.3 is 0 Å². The Kier molecular flexibility index (Phi) is 3.43. The normalized spacial score (nSPS) is 19.8. The highest BCUT2D eigenvalue weighted by Crippen LogP contribution is 2.39. The van der Waals surface area contributed by atoms with E-state index in [9.17, 15) is 0 Å². The molecule has 2 atom stereocenters. The summed E-state index contributed by atoms with van der Waals surface area (Å²) in [5.74, 6) is 1.68. The molecular weight excluding hydrogens is 310 g/mol. The maximum absolute atomic E-state index is 4.20. The van der Waals surface area contributed by atoms with Crippen molar-refractivity contribution in [1.82, 2.24) is 15.0 Å². The number of aromatic nitrogens is 3. The van der Waals surface area contributed by atoms with E-state index in [0.29, 0.717) is 5.92 Å². The van der Waals surface area contributed by atoms with E-state index in [0.717, 1.165) is 18.0 Å². The monoisotopic (exact) mass is 323 g/mol. The summed E-state index contributed by atoms with van der Waals surface area (Å²) in [4.78, 5) is 1.67. The van der Waals surface area contributed by atoms with Gasteiger partial charge in [-0.15, -0.1) is 16.9 Å². The first-order chi connectivity index (χ1) is 8.74. The third kappa shape index (κ3) is 2.34. The second-order valence-electron chi connectivity index (χ2n) is 4.53. The molecule has 94 valence electrons. The van der Waals surface area contributed by atoms with E-state index in [1.807, 2.05) is 22.6 Å². The number of hydrogen-bond donors (Lipinski definition) is 0. The zero-order valence-electron chi connectivity index (χ0n) is 10.1. The van der Waals surface area contributed by atoms with Gasteiger partial charge in [-0.05, 0) is 18.6 Å². The van der Waals surface area contributed by atoms with Crippen molar-refractivity contribution in [3.8, 4) is 0 Å². The van der Waals surface area contributed by atoms with E-state index in [4.69, 9.17) is 0 Å². The molecule has 3 rings (SSSR count). The zero-order chi connectivity index (χ0) is 12.5. The van der Waals surface area contributed by atoms with Crippen LogP contribution in [-0.2, 0) is 6.54 Å². The van der Waals surface area contributed by atoms with Gasteiger partial charge in [-0.1, -0.05) is 39.3 Å². The highest BCUT2D eigenvalue weighted by Gasteiger charge is 2.23. The summed E-state index contributed by atoms with van der Waals surface area (Å²) in [7, 11) is 0. The second kappa shape index (κ2) is 5.05. The lowest BCUT2D eigenvalue weighted by molar-refractivity contribution is 0.532. The van der Waals surface area contributed by atoms with Gasteiger partial charge >= 0.3 is 0 Å². The lowest BCUT2D eigenvalue weighted by Crippen LogP contribution is -2.09. The third-order valence-electron chi connectivity index (χ3n) is 3.17. The third-order valence-corrected chi connectivity index (χ3v) is 4.89. The van der Waals surface area contributed by atoms with Gasteiger partial charge in [-0.25, -0.2) is 0 Å². The second-order valence-corrected chi connectivity index (χ2v) is 6.96. The molecule has 1 aromatic carbocycles. The minimum Gasteiger partial charge on any atom is -0.252 e. The Bertz CT molecular complexity index is 553. The first-order valence-corrected chi connectivity index (χ1v) is 7.90. The van der Waals surface area contributed by atoms with Crippen LogP contribution in [-0.4, -0.2) is 20.7 Å². The van der Waals surface area contributed by atoms with Crippen LogP contribution >= 0.6 is 27.7 Å². The van der Waals surface area contributed by atoms with Crippen LogP contribution in [0.15, 0.2) is 35.4 Å². The van der Waals surface area contributed by atoms with E-state index in [1.54, 1.807) is 0 Å². The van der Waals surface area contributed by atoms with Gasteiger partial charge in [0.1, 0.15) is 0 Å². The maximum Gasteiger partial charge on any atom is 0.0960 e. The van der Waals surface area contributed by atoms with E-state index < -0.39 is 0 Å². The Labute approximate surface area is 119 Å². The Morgan fingerprint density at radius 3 is 3.11 bits per heavy atom. The summed E-state index contributed by atoms with van der Waals surface area (Å²) < 4.78 is 1.96. The average molecular weight is 324 g/mol. The molecule has 0 radical (unpaired) electrons. The van der Waals surface area contributed by atoms with Gasteiger partial charge in [-0.3, -0.25) is 4.68 Å². The van der Waals surface area contributed by atoms with Crippen LogP contribution in [0.3, 0.4) is 0 Å². The molecule has 0 spiro atoms. The smallest absolute Gasteiger partial charge is 0.0960 e. The molecule has 0 amide bonds. The van der Waals surface area contributed by atoms with Gasteiger partial charge in [0.2, 0.25) is 0 Å². The topological polar surface area (TPSA) is 30.7 Å². The fraction of sp³-hybridized carbons (Fsp3) is 0.385. The lowest BCUT2D eigenvalue weighted by Gasteiger charge is -2.09. The molecular formula is C13H14BrN3S. The summed E-state index contributed by atoms with van der Waals surface area (Å²) in [6.07, 6.45) is 2.03. The van der Waals surface area contributed by atoms with Crippen LogP contribution in [0, 0.1) is 0 Å². The lowest BCUT2D eigenvalue weighted by atomic mass is 10.0. The van der Waals surface area contributed by atoms with E-state index in [1.165, 1.54) is 10.5 Å². The SMILES string of the molecule is CC(Br)c1cn(CC2CSc3ccccc32)nn1. The standard InChI is InChI=1S/C13H14BrN3S/c1-9(14)12-7-17(16-15-12)6-10-8-18-13-5-3-2-4-11(10)13/h2-5,7,9-10H,6,8H2,1H3. The molecule has 3 nitrogen and oxygen atoms in total. The summed E-state index contributed by atoms with van der Waals surface area (Å²) in [6, 6.07) is 8.65. The summed E-state index contributed by atoms with van der Waals surface area (Å²) in [5.41, 5.74) is 2.44. The number of benzene rings is 1. The molecule has 5 heteroatoms. The van der Waals surface area contributed by atoms with E-state index in [2.05, 4.69) is 57.4 Å². The van der Waals surface area contributed by atoms with Crippen molar-refractivity contribution in [2.75, 3.05) is 5.75 Å². The number of halogens is 1. The number of thioether (sulfide) groups is 1. The highest BCUT2D eigenvalue weighted by atomic mass is 79.9. The van der Waals surface area contributed by atoms with Crippen LogP contribution in [0.25, 0.3) is 0 Å². The quantitative estimate of drug-likeness (QED) is 0.808. The molecule has 0 N–H and O–H groups in total. The molecule has 2 unspecified atom stereocenters. The fourth-order valence-electron chi connectivity index (χ4n) is 2.19. The fourth-order valence-corrected chi connectivity index (χ4v) is 3.64. The molecule has 0 saturated carbocycles. The number of hydrogen-bond acceptors (Lipinski definition) is 3. The van der Waals surface area contributed by atoms with E-state index >= 15 is 0 Å². The molecule has 2 aromatic rings. The van der Waals surface area contributed by atoms with Gasteiger partial charge in [0.15, 0.2) is 0 Å². The molecule has 18 heavy (non-hydrogen) atoms. The van der Waals surface area contributed by atoms with Crippen molar-refractivity contribution >= 4 is 27.7 Å². The molecule has 0 saturated heterocycles. The van der Waals surface area contributed by atoms with Gasteiger partial charge in [-0.2, -0.15) is 0 Å². The minimum atomic E-state index is 0.261. The predicted molar refractivity (Wildman–Crippen MR) is 77.3 cm³/mol. The Morgan fingerprint density at radius 1 is 1.50 bits per heavy atom. The van der Waals surface area contributed by atoms with Crippen LogP contribution in [0.4, 0.5) is 0 Å². The zero-order valence-corrected chi connectivity index (χ0v) is 12.5. The Morgan fingerprint density at radius 2 is 2.33 bits per heavy atom. The molecule has 0 aliphatic carbocycles. The molecule has 1 aliphatic rings. The van der Waals surface area contributed by atoms with Crippen LogP contribution in [0.2, 0.25) is 0 Å². The number of fused-ring (bicyclic) bond motifs is 1. The van der Waals surface area contributed by atoms with Crippen molar-refractivity contribution in [2.45, 2.75) is 29.1 Å². The van der Waals surface area contributed by atoms with Gasteiger partial charge in [0, 0.05) is 22.8 Å². The number of nitrogens with zero attached hydrogens (tertiary/aromatic N) is 3. The van der Waals surface area contributed by atoms with Crippen molar-refractivity contribution in [1.29, 1.82) is 0 Å². The van der Waals surface area contributed by atoms with Crippen molar-refractivity contribution < 1.29 is 0 Å². The average Bonchev–Trinajstić information content (AvgIpc) is 2.98. The van der Waals surface area contributed by atoms with Crippen molar-refractivity contribution in [3.05, 3.63) is 41.7 Å². The van der Waals surface area contributed by atoms with E-state index in [-0.39, 0.29) is 4.83 Å². The Hall–Kier alpha value is -0.810. The Balaban J connectivity index is 1.78. The highest BCUT2D eigenvalue weighted by molar-refractivity contribution is 9.09. The first kappa shape index (κ1) is 12.2. The minimum absolute atomic E-state index is 0.261.